The fourth-order valence-corrected chi connectivity index (χ4v) is 2.01. The van der Waals surface area contributed by atoms with Crippen LogP contribution in [0, 0.1) is 0 Å². The summed E-state index contributed by atoms with van der Waals surface area (Å²) in [7, 11) is 0. The number of benzene rings is 1. The summed E-state index contributed by atoms with van der Waals surface area (Å²) in [6, 6.07) is 14.7. The van der Waals surface area contributed by atoms with E-state index in [1.807, 2.05) is 37.3 Å². The third-order valence-electron chi connectivity index (χ3n) is 3.15. The van der Waals surface area contributed by atoms with Crippen LogP contribution < -0.4 is 5.32 Å². The topological polar surface area (TPSA) is 68.3 Å². The summed E-state index contributed by atoms with van der Waals surface area (Å²) in [5.41, 5.74) is 1.25. The number of nitrogens with zero attached hydrogens (tertiary/aromatic N) is 1. The van der Waals surface area contributed by atoms with Gasteiger partial charge in [0.05, 0.1) is 12.3 Å². The monoisotopic (exact) mass is 282 g/mol. The Morgan fingerprint density at radius 3 is 2.67 bits per heavy atom. The lowest BCUT2D eigenvalue weighted by atomic mass is 10.1. The Hall–Kier alpha value is -2.82. The van der Waals surface area contributed by atoms with E-state index in [1.54, 1.807) is 18.2 Å². The van der Waals surface area contributed by atoms with Crippen molar-refractivity contribution in [3.63, 3.8) is 0 Å². The second-order valence-electron chi connectivity index (χ2n) is 4.66. The summed E-state index contributed by atoms with van der Waals surface area (Å²) in [4.78, 5) is 12.1. The minimum Gasteiger partial charge on any atom is -0.461 e. The van der Waals surface area contributed by atoms with Gasteiger partial charge in [-0.2, -0.15) is 0 Å². The van der Waals surface area contributed by atoms with Crippen molar-refractivity contribution in [3.05, 3.63) is 66.1 Å². The van der Waals surface area contributed by atoms with Crippen molar-refractivity contribution in [1.29, 1.82) is 0 Å². The van der Waals surface area contributed by atoms with Gasteiger partial charge in [-0.1, -0.05) is 35.5 Å². The van der Waals surface area contributed by atoms with Crippen LogP contribution in [0.2, 0.25) is 0 Å². The van der Waals surface area contributed by atoms with Gasteiger partial charge in [0, 0.05) is 6.07 Å². The predicted molar refractivity (Wildman–Crippen MR) is 76.5 cm³/mol. The number of furan rings is 1. The van der Waals surface area contributed by atoms with Gasteiger partial charge >= 0.3 is 0 Å². The van der Waals surface area contributed by atoms with E-state index in [0.29, 0.717) is 11.5 Å². The van der Waals surface area contributed by atoms with Gasteiger partial charge < -0.3 is 14.3 Å². The summed E-state index contributed by atoms with van der Waals surface area (Å²) in [6.45, 7) is 1.92. The van der Waals surface area contributed by atoms with Gasteiger partial charge in [-0.05, 0) is 24.6 Å². The van der Waals surface area contributed by atoms with Gasteiger partial charge in [0.2, 0.25) is 5.76 Å². The molecular formula is C16H14N2O3. The third-order valence-corrected chi connectivity index (χ3v) is 3.15. The lowest BCUT2D eigenvalue weighted by Gasteiger charge is -2.12. The zero-order valence-electron chi connectivity index (χ0n) is 11.4. The molecule has 1 aromatic carbocycles. The number of amides is 1. The number of hydrogen-bond donors (Lipinski definition) is 1. The first-order chi connectivity index (χ1) is 10.2. The Labute approximate surface area is 121 Å². The zero-order valence-corrected chi connectivity index (χ0v) is 11.4. The average molecular weight is 282 g/mol. The van der Waals surface area contributed by atoms with Crippen LogP contribution in [-0.2, 0) is 0 Å². The van der Waals surface area contributed by atoms with Crippen LogP contribution in [-0.4, -0.2) is 11.1 Å². The summed E-state index contributed by atoms with van der Waals surface area (Å²) in [5, 5.41) is 6.65. The Morgan fingerprint density at radius 2 is 1.95 bits per heavy atom. The van der Waals surface area contributed by atoms with E-state index < -0.39 is 0 Å². The molecular weight excluding hydrogens is 268 g/mol. The number of nitrogens with one attached hydrogen (secondary N) is 1. The average Bonchev–Trinajstić information content (AvgIpc) is 3.19. The molecule has 1 N–H and O–H groups in total. The van der Waals surface area contributed by atoms with Crippen LogP contribution in [0.3, 0.4) is 0 Å². The third kappa shape index (κ3) is 2.86. The van der Waals surface area contributed by atoms with Crippen LogP contribution in [0.1, 0.15) is 29.0 Å². The SMILES string of the molecule is CC(NC(=O)c1cc(-c2ccco2)on1)c1ccccc1. The molecule has 1 unspecified atom stereocenters. The van der Waals surface area contributed by atoms with E-state index in [0.717, 1.165) is 5.56 Å². The molecule has 0 radical (unpaired) electrons. The first-order valence-electron chi connectivity index (χ1n) is 6.60. The maximum absolute atomic E-state index is 12.1. The van der Waals surface area contributed by atoms with Crippen LogP contribution in [0.4, 0.5) is 0 Å². The molecule has 2 heterocycles. The second kappa shape index (κ2) is 5.66. The standard InChI is InChI=1S/C16H14N2O3/c1-11(12-6-3-2-4-7-12)17-16(19)13-10-15(21-18-13)14-8-5-9-20-14/h2-11H,1H3,(H,17,19). The highest BCUT2D eigenvalue weighted by atomic mass is 16.5. The van der Waals surface area contributed by atoms with Gasteiger partial charge in [-0.3, -0.25) is 4.79 Å². The quantitative estimate of drug-likeness (QED) is 0.796. The van der Waals surface area contributed by atoms with Crippen molar-refractivity contribution in [2.75, 3.05) is 0 Å². The number of rotatable bonds is 4. The Morgan fingerprint density at radius 1 is 1.14 bits per heavy atom. The molecule has 0 saturated carbocycles. The molecule has 5 heteroatoms. The first kappa shape index (κ1) is 13.2. The summed E-state index contributed by atoms with van der Waals surface area (Å²) in [6.07, 6.45) is 1.54. The molecule has 5 nitrogen and oxygen atoms in total. The van der Waals surface area contributed by atoms with E-state index >= 15 is 0 Å². The van der Waals surface area contributed by atoms with E-state index in [-0.39, 0.29) is 17.6 Å². The van der Waals surface area contributed by atoms with Crippen molar-refractivity contribution in [3.8, 4) is 11.5 Å². The Bertz CT molecular complexity index is 717. The Kier molecular flexibility index (Phi) is 3.55. The molecule has 0 saturated heterocycles. The minimum absolute atomic E-state index is 0.109. The summed E-state index contributed by atoms with van der Waals surface area (Å²) in [5.74, 6) is 0.683. The number of carbonyl (C=O) groups excluding carboxylic acids is 1. The lowest BCUT2D eigenvalue weighted by molar-refractivity contribution is 0.0931. The molecule has 0 fully saturated rings. The van der Waals surface area contributed by atoms with E-state index in [4.69, 9.17) is 8.94 Å². The molecule has 1 atom stereocenters. The van der Waals surface area contributed by atoms with E-state index in [9.17, 15) is 4.79 Å². The lowest BCUT2D eigenvalue weighted by Crippen LogP contribution is -2.26. The molecule has 21 heavy (non-hydrogen) atoms. The zero-order chi connectivity index (χ0) is 14.7. The fraction of sp³-hybridized carbons (Fsp3) is 0.125. The largest absolute Gasteiger partial charge is 0.461 e. The molecule has 3 aromatic rings. The molecule has 106 valence electrons. The van der Waals surface area contributed by atoms with Crippen molar-refractivity contribution in [2.45, 2.75) is 13.0 Å². The predicted octanol–water partition coefficient (Wildman–Crippen LogP) is 3.43. The van der Waals surface area contributed by atoms with Crippen LogP contribution in [0.25, 0.3) is 11.5 Å². The molecule has 0 aliphatic heterocycles. The molecule has 3 rings (SSSR count). The van der Waals surface area contributed by atoms with Crippen LogP contribution >= 0.6 is 0 Å². The van der Waals surface area contributed by atoms with Crippen molar-refractivity contribution < 1.29 is 13.7 Å². The number of aromatic nitrogens is 1. The van der Waals surface area contributed by atoms with Crippen LogP contribution in [0.5, 0.6) is 0 Å². The van der Waals surface area contributed by atoms with Gasteiger partial charge in [0.25, 0.3) is 5.91 Å². The molecule has 0 bridgehead atoms. The molecule has 0 aliphatic rings. The molecule has 1 amide bonds. The Balaban J connectivity index is 1.71. The van der Waals surface area contributed by atoms with Gasteiger partial charge in [-0.15, -0.1) is 0 Å². The highest BCUT2D eigenvalue weighted by Crippen LogP contribution is 2.21. The van der Waals surface area contributed by atoms with E-state index in [1.165, 1.54) is 6.26 Å². The van der Waals surface area contributed by atoms with Gasteiger partial charge in [-0.25, -0.2) is 0 Å². The normalized spacial score (nSPS) is 12.0. The first-order valence-corrected chi connectivity index (χ1v) is 6.60. The highest BCUT2D eigenvalue weighted by Gasteiger charge is 2.17. The maximum atomic E-state index is 12.1. The van der Waals surface area contributed by atoms with Crippen LogP contribution in [0.15, 0.2) is 63.7 Å². The maximum Gasteiger partial charge on any atom is 0.273 e. The van der Waals surface area contributed by atoms with Crippen molar-refractivity contribution >= 4 is 5.91 Å². The minimum atomic E-state index is -0.284. The molecule has 0 aliphatic carbocycles. The van der Waals surface area contributed by atoms with Gasteiger partial charge in [0.1, 0.15) is 0 Å². The van der Waals surface area contributed by atoms with Crippen molar-refractivity contribution in [2.24, 2.45) is 0 Å². The smallest absolute Gasteiger partial charge is 0.273 e. The molecule has 2 aromatic heterocycles. The van der Waals surface area contributed by atoms with Crippen molar-refractivity contribution in [1.82, 2.24) is 10.5 Å². The molecule has 0 spiro atoms. The number of hydrogen-bond acceptors (Lipinski definition) is 4. The number of carbonyl (C=O) groups is 1. The second-order valence-corrected chi connectivity index (χ2v) is 4.66. The summed E-state index contributed by atoms with van der Waals surface area (Å²) >= 11 is 0. The fourth-order valence-electron chi connectivity index (χ4n) is 2.01. The van der Waals surface area contributed by atoms with E-state index in [2.05, 4.69) is 10.5 Å². The van der Waals surface area contributed by atoms with Gasteiger partial charge in [0.15, 0.2) is 11.5 Å². The summed E-state index contributed by atoms with van der Waals surface area (Å²) < 4.78 is 10.3. The highest BCUT2D eigenvalue weighted by molar-refractivity contribution is 5.93.